The molecule has 2 aromatic rings. The van der Waals surface area contributed by atoms with Gasteiger partial charge >= 0.3 is 5.97 Å². The van der Waals surface area contributed by atoms with E-state index in [1.54, 1.807) is 19.4 Å². The van der Waals surface area contributed by atoms with E-state index in [4.69, 9.17) is 20.3 Å². The van der Waals surface area contributed by atoms with E-state index in [2.05, 4.69) is 5.92 Å². The molecule has 2 heterocycles. The van der Waals surface area contributed by atoms with Crippen LogP contribution >= 0.6 is 11.8 Å². The molecule has 23 heavy (non-hydrogen) atoms. The molecular formula is C18H14O4S. The van der Waals surface area contributed by atoms with Gasteiger partial charge < -0.3 is 13.9 Å². The number of esters is 1. The number of terminal acetylenes is 1. The van der Waals surface area contributed by atoms with E-state index in [9.17, 15) is 4.79 Å². The molecule has 1 aromatic carbocycles. The minimum Gasteiger partial charge on any atom is -0.497 e. The van der Waals surface area contributed by atoms with Crippen LogP contribution in [0.2, 0.25) is 0 Å². The number of hydrogen-bond donors (Lipinski definition) is 0. The summed E-state index contributed by atoms with van der Waals surface area (Å²) < 4.78 is 15.8. The fourth-order valence-electron chi connectivity index (χ4n) is 2.33. The molecule has 0 spiro atoms. The third kappa shape index (κ3) is 2.99. The van der Waals surface area contributed by atoms with E-state index in [0.29, 0.717) is 16.7 Å². The van der Waals surface area contributed by atoms with Crippen LogP contribution < -0.4 is 15.4 Å². The van der Waals surface area contributed by atoms with Crippen LogP contribution in [-0.4, -0.2) is 25.4 Å². The topological polar surface area (TPSA) is 48.7 Å². The summed E-state index contributed by atoms with van der Waals surface area (Å²) in [5.74, 6) is 3.20. The van der Waals surface area contributed by atoms with Gasteiger partial charge in [-0.15, -0.1) is 18.2 Å². The normalized spacial score (nSPS) is 13.2. The molecule has 0 N–H and O–H groups in total. The van der Waals surface area contributed by atoms with Gasteiger partial charge in [0, 0.05) is 11.0 Å². The lowest BCUT2D eigenvalue weighted by Crippen LogP contribution is -2.32. The van der Waals surface area contributed by atoms with E-state index in [-0.39, 0.29) is 6.61 Å². The third-order valence-corrected chi connectivity index (χ3v) is 4.59. The van der Waals surface area contributed by atoms with E-state index in [1.165, 1.54) is 11.8 Å². The van der Waals surface area contributed by atoms with Gasteiger partial charge in [-0.1, -0.05) is 18.1 Å². The van der Waals surface area contributed by atoms with Crippen LogP contribution in [0.25, 0.3) is 10.5 Å². The third-order valence-electron chi connectivity index (χ3n) is 3.44. The molecule has 1 aromatic heterocycles. The van der Waals surface area contributed by atoms with Crippen LogP contribution in [0.5, 0.6) is 5.75 Å². The Morgan fingerprint density at radius 3 is 2.83 bits per heavy atom. The van der Waals surface area contributed by atoms with E-state index in [0.717, 1.165) is 21.4 Å². The first-order chi connectivity index (χ1) is 11.2. The van der Waals surface area contributed by atoms with Crippen molar-refractivity contribution < 1.29 is 18.7 Å². The molecule has 4 nitrogen and oxygen atoms in total. The van der Waals surface area contributed by atoms with Crippen molar-refractivity contribution >= 4 is 28.2 Å². The Kier molecular flexibility index (Phi) is 4.45. The van der Waals surface area contributed by atoms with Crippen LogP contribution in [0.4, 0.5) is 0 Å². The smallest absolute Gasteiger partial charge is 0.336 e. The molecule has 3 rings (SSSR count). The number of carbonyl (C=O) groups is 1. The first kappa shape index (κ1) is 15.3. The maximum atomic E-state index is 12.1. The minimum absolute atomic E-state index is 0.0325. The van der Waals surface area contributed by atoms with Gasteiger partial charge in [0.15, 0.2) is 6.61 Å². The van der Waals surface area contributed by atoms with Gasteiger partial charge in [0.1, 0.15) is 11.2 Å². The van der Waals surface area contributed by atoms with E-state index in [1.807, 2.05) is 24.3 Å². The second kappa shape index (κ2) is 6.67. The lowest BCUT2D eigenvalue weighted by atomic mass is 10.1. The van der Waals surface area contributed by atoms with Gasteiger partial charge in [0.25, 0.3) is 0 Å². The molecule has 116 valence electrons. The van der Waals surface area contributed by atoms with Crippen molar-refractivity contribution in [1.82, 2.24) is 0 Å². The Hall–Kier alpha value is -2.58. The molecule has 0 saturated heterocycles. The average Bonchev–Trinajstić information content (AvgIpc) is 3.08. The predicted molar refractivity (Wildman–Crippen MR) is 89.1 cm³/mol. The van der Waals surface area contributed by atoms with Crippen molar-refractivity contribution in [2.75, 3.05) is 19.5 Å². The summed E-state index contributed by atoms with van der Waals surface area (Å²) in [6.45, 7) is -0.0325. The zero-order chi connectivity index (χ0) is 16.2. The Morgan fingerprint density at radius 1 is 1.35 bits per heavy atom. The summed E-state index contributed by atoms with van der Waals surface area (Å²) in [6.07, 6.45) is 6.71. The molecule has 0 radical (unpaired) electrons. The summed E-state index contributed by atoms with van der Waals surface area (Å²) >= 11 is 1.54. The molecule has 0 fully saturated rings. The molecule has 0 saturated carbocycles. The van der Waals surface area contributed by atoms with Crippen LogP contribution in [0.3, 0.4) is 0 Å². The Labute approximate surface area is 137 Å². The van der Waals surface area contributed by atoms with Crippen molar-refractivity contribution in [3.63, 3.8) is 0 Å². The maximum absolute atomic E-state index is 12.1. The molecule has 1 aliphatic rings. The van der Waals surface area contributed by atoms with Gasteiger partial charge in [-0.05, 0) is 23.8 Å². The van der Waals surface area contributed by atoms with Gasteiger partial charge in [0.2, 0.25) is 0 Å². The Balaban J connectivity index is 2.09. The lowest BCUT2D eigenvalue weighted by Gasteiger charge is -2.13. The van der Waals surface area contributed by atoms with Crippen molar-refractivity contribution in [3.05, 3.63) is 52.8 Å². The predicted octanol–water partition coefficient (Wildman–Crippen LogP) is 1.52. The molecule has 0 aliphatic carbocycles. The molecule has 0 amide bonds. The standard InChI is InChI=1S/C18H14O4S/c1-3-9-22-18(19)15-11-23-17(16-14(15)8-10-21-16)12-4-6-13(20-2)7-5-12/h1,4-8,10H,9,11H2,2H3. The second-order valence-electron chi connectivity index (χ2n) is 4.77. The molecule has 0 bridgehead atoms. The number of carbonyl (C=O) groups excluding carboxylic acids is 1. The zero-order valence-electron chi connectivity index (χ0n) is 12.5. The highest BCUT2D eigenvalue weighted by Crippen LogP contribution is 2.29. The summed E-state index contributed by atoms with van der Waals surface area (Å²) in [5, 5.41) is 0.761. The highest BCUT2D eigenvalue weighted by Gasteiger charge is 2.21. The van der Waals surface area contributed by atoms with Crippen molar-refractivity contribution in [2.45, 2.75) is 0 Å². The average molecular weight is 326 g/mol. The SMILES string of the molecule is C#CCOC(=O)C1=c2ccoc2=C(c2ccc(OC)cc2)SC1. The lowest BCUT2D eigenvalue weighted by molar-refractivity contribution is -0.135. The van der Waals surface area contributed by atoms with Gasteiger partial charge in [0.05, 0.1) is 23.9 Å². The number of thioether (sulfide) groups is 1. The fraction of sp³-hybridized carbons (Fsp3) is 0.167. The van der Waals surface area contributed by atoms with Crippen LogP contribution in [0.15, 0.2) is 41.0 Å². The number of hydrogen-bond acceptors (Lipinski definition) is 5. The van der Waals surface area contributed by atoms with Crippen LogP contribution in [0, 0.1) is 12.3 Å². The molecule has 0 atom stereocenters. The highest BCUT2D eigenvalue weighted by molar-refractivity contribution is 8.08. The quantitative estimate of drug-likeness (QED) is 0.630. The maximum Gasteiger partial charge on any atom is 0.336 e. The second-order valence-corrected chi connectivity index (χ2v) is 5.75. The Morgan fingerprint density at radius 2 is 2.13 bits per heavy atom. The van der Waals surface area contributed by atoms with Gasteiger partial charge in [-0.2, -0.15) is 0 Å². The summed E-state index contributed by atoms with van der Waals surface area (Å²) in [4.78, 5) is 13.1. The first-order valence-electron chi connectivity index (χ1n) is 6.93. The summed E-state index contributed by atoms with van der Waals surface area (Å²) in [5.41, 5.74) is 2.27. The molecule has 1 aliphatic heterocycles. The fourth-order valence-corrected chi connectivity index (χ4v) is 3.48. The highest BCUT2D eigenvalue weighted by atomic mass is 32.2. The van der Waals surface area contributed by atoms with E-state index < -0.39 is 5.97 Å². The number of furan rings is 1. The van der Waals surface area contributed by atoms with Crippen molar-refractivity contribution in [2.24, 2.45) is 0 Å². The number of methoxy groups -OCH3 is 1. The monoisotopic (exact) mass is 326 g/mol. The molecule has 5 heteroatoms. The summed E-state index contributed by atoms with van der Waals surface area (Å²) in [6, 6.07) is 9.51. The molecule has 0 unspecified atom stereocenters. The Bertz CT molecular complexity index is 884. The van der Waals surface area contributed by atoms with Crippen molar-refractivity contribution in [3.8, 4) is 18.1 Å². The number of fused-ring (bicyclic) bond motifs is 1. The largest absolute Gasteiger partial charge is 0.497 e. The van der Waals surface area contributed by atoms with Crippen molar-refractivity contribution in [1.29, 1.82) is 0 Å². The number of benzene rings is 1. The number of ether oxygens (including phenoxy) is 2. The minimum atomic E-state index is -0.396. The molecular weight excluding hydrogens is 312 g/mol. The zero-order valence-corrected chi connectivity index (χ0v) is 13.3. The summed E-state index contributed by atoms with van der Waals surface area (Å²) in [7, 11) is 1.63. The first-order valence-corrected chi connectivity index (χ1v) is 7.92. The number of rotatable bonds is 4. The van der Waals surface area contributed by atoms with E-state index >= 15 is 0 Å². The van der Waals surface area contributed by atoms with Gasteiger partial charge in [-0.3, -0.25) is 0 Å². The van der Waals surface area contributed by atoms with Crippen LogP contribution in [-0.2, 0) is 9.53 Å². The van der Waals surface area contributed by atoms with Crippen LogP contribution in [0.1, 0.15) is 5.56 Å². The van der Waals surface area contributed by atoms with Gasteiger partial charge in [-0.25, -0.2) is 4.79 Å².